The van der Waals surface area contributed by atoms with Gasteiger partial charge in [0.15, 0.2) is 0 Å². The SMILES string of the molecule is Cc1ccc(C2=CC=NN(c3ccc(C)cc3C)N2)c(C)c1. The summed E-state index contributed by atoms with van der Waals surface area (Å²) in [5.41, 5.74) is 11.7. The van der Waals surface area contributed by atoms with Crippen LogP contribution in [0.4, 0.5) is 5.69 Å². The molecule has 3 rings (SSSR count). The van der Waals surface area contributed by atoms with Gasteiger partial charge in [-0.2, -0.15) is 10.2 Å². The van der Waals surface area contributed by atoms with E-state index in [1.807, 2.05) is 17.4 Å². The van der Waals surface area contributed by atoms with E-state index in [0.29, 0.717) is 0 Å². The van der Waals surface area contributed by atoms with E-state index in [0.717, 1.165) is 11.4 Å². The summed E-state index contributed by atoms with van der Waals surface area (Å²) in [5, 5.41) is 6.27. The standard InChI is InChI=1S/C19H21N3/c1-13-5-7-17(15(3)11-13)18-9-10-20-22(21-18)19-8-6-14(2)12-16(19)4/h5-12,21H,1-4H3. The van der Waals surface area contributed by atoms with E-state index in [2.05, 4.69) is 74.6 Å². The lowest BCUT2D eigenvalue weighted by atomic mass is 10.0. The lowest BCUT2D eigenvalue weighted by Gasteiger charge is -2.27. The predicted molar refractivity (Wildman–Crippen MR) is 93.9 cm³/mol. The Morgan fingerprint density at radius 2 is 1.55 bits per heavy atom. The fourth-order valence-corrected chi connectivity index (χ4v) is 2.79. The molecule has 1 heterocycles. The highest BCUT2D eigenvalue weighted by Gasteiger charge is 2.14. The fourth-order valence-electron chi connectivity index (χ4n) is 2.79. The van der Waals surface area contributed by atoms with Gasteiger partial charge >= 0.3 is 0 Å². The Balaban J connectivity index is 1.91. The van der Waals surface area contributed by atoms with Gasteiger partial charge in [0.25, 0.3) is 0 Å². The van der Waals surface area contributed by atoms with Crippen molar-refractivity contribution in [3.05, 3.63) is 70.3 Å². The van der Waals surface area contributed by atoms with E-state index < -0.39 is 0 Å². The van der Waals surface area contributed by atoms with Crippen molar-refractivity contribution in [1.82, 2.24) is 5.43 Å². The zero-order valence-electron chi connectivity index (χ0n) is 13.5. The number of hydrogen-bond acceptors (Lipinski definition) is 3. The number of benzene rings is 2. The Morgan fingerprint density at radius 3 is 2.23 bits per heavy atom. The molecular weight excluding hydrogens is 270 g/mol. The second kappa shape index (κ2) is 5.68. The number of hydrazone groups is 1. The quantitative estimate of drug-likeness (QED) is 0.894. The Bertz CT molecular complexity index is 772. The molecule has 2 aromatic rings. The highest BCUT2D eigenvalue weighted by atomic mass is 15.7. The van der Waals surface area contributed by atoms with E-state index in [9.17, 15) is 0 Å². The van der Waals surface area contributed by atoms with Crippen molar-refractivity contribution in [2.75, 3.05) is 5.12 Å². The summed E-state index contributed by atoms with van der Waals surface area (Å²) in [7, 11) is 0. The number of hydrazine groups is 1. The molecule has 0 saturated heterocycles. The molecule has 3 nitrogen and oxygen atoms in total. The van der Waals surface area contributed by atoms with Crippen molar-refractivity contribution >= 4 is 17.6 Å². The number of anilines is 1. The predicted octanol–water partition coefficient (Wildman–Crippen LogP) is 4.27. The number of hydrogen-bond donors (Lipinski definition) is 1. The van der Waals surface area contributed by atoms with Crippen LogP contribution in [0, 0.1) is 27.7 Å². The second-order valence-corrected chi connectivity index (χ2v) is 5.88. The molecule has 3 heteroatoms. The molecule has 0 spiro atoms. The Hall–Kier alpha value is -2.55. The minimum Gasteiger partial charge on any atom is -0.277 e. The van der Waals surface area contributed by atoms with Crippen molar-refractivity contribution in [3.63, 3.8) is 0 Å². The smallest absolute Gasteiger partial charge is 0.0863 e. The summed E-state index contributed by atoms with van der Waals surface area (Å²) >= 11 is 0. The molecule has 0 fully saturated rings. The Kier molecular flexibility index (Phi) is 3.72. The first-order chi connectivity index (χ1) is 10.5. The summed E-state index contributed by atoms with van der Waals surface area (Å²) in [6.45, 7) is 8.46. The van der Waals surface area contributed by atoms with E-state index in [-0.39, 0.29) is 0 Å². The van der Waals surface area contributed by atoms with Gasteiger partial charge in [0.2, 0.25) is 0 Å². The van der Waals surface area contributed by atoms with Crippen LogP contribution in [0.3, 0.4) is 0 Å². The van der Waals surface area contributed by atoms with Crippen molar-refractivity contribution in [2.45, 2.75) is 27.7 Å². The maximum atomic E-state index is 4.43. The molecule has 0 saturated carbocycles. The van der Waals surface area contributed by atoms with Gasteiger partial charge in [-0.25, -0.2) is 0 Å². The molecule has 1 aliphatic rings. The molecule has 0 bridgehead atoms. The lowest BCUT2D eigenvalue weighted by molar-refractivity contribution is 0.787. The van der Waals surface area contributed by atoms with Crippen LogP contribution in [-0.4, -0.2) is 6.21 Å². The van der Waals surface area contributed by atoms with Crippen LogP contribution in [0.5, 0.6) is 0 Å². The Labute approximate surface area is 131 Å². The van der Waals surface area contributed by atoms with E-state index in [1.54, 1.807) is 0 Å². The van der Waals surface area contributed by atoms with Crippen LogP contribution in [0.2, 0.25) is 0 Å². The van der Waals surface area contributed by atoms with Gasteiger partial charge in [0.1, 0.15) is 0 Å². The van der Waals surface area contributed by atoms with Crippen molar-refractivity contribution in [1.29, 1.82) is 0 Å². The topological polar surface area (TPSA) is 27.6 Å². The first-order valence-electron chi connectivity index (χ1n) is 7.50. The van der Waals surface area contributed by atoms with Crippen LogP contribution in [-0.2, 0) is 0 Å². The minimum atomic E-state index is 1.06. The normalized spacial score (nSPS) is 13.8. The van der Waals surface area contributed by atoms with Crippen LogP contribution >= 0.6 is 0 Å². The molecule has 112 valence electrons. The number of allylic oxidation sites excluding steroid dienone is 1. The third kappa shape index (κ3) is 2.75. The van der Waals surface area contributed by atoms with Gasteiger partial charge in [-0.1, -0.05) is 41.5 Å². The molecule has 0 aliphatic carbocycles. The van der Waals surface area contributed by atoms with Gasteiger partial charge in [0.05, 0.1) is 17.6 Å². The molecule has 2 aromatic carbocycles. The second-order valence-electron chi connectivity index (χ2n) is 5.88. The van der Waals surface area contributed by atoms with Gasteiger partial charge in [0, 0.05) is 5.56 Å². The third-order valence-electron chi connectivity index (χ3n) is 3.90. The van der Waals surface area contributed by atoms with Gasteiger partial charge < -0.3 is 0 Å². The van der Waals surface area contributed by atoms with Gasteiger partial charge in [-0.3, -0.25) is 5.43 Å². The molecule has 1 aliphatic heterocycles. The molecule has 0 atom stereocenters. The van der Waals surface area contributed by atoms with E-state index in [1.165, 1.54) is 27.8 Å². The van der Waals surface area contributed by atoms with E-state index in [4.69, 9.17) is 0 Å². The van der Waals surface area contributed by atoms with Crippen LogP contribution in [0.1, 0.15) is 27.8 Å². The number of aryl methyl sites for hydroxylation is 4. The summed E-state index contributed by atoms with van der Waals surface area (Å²) in [4.78, 5) is 0. The van der Waals surface area contributed by atoms with Crippen LogP contribution in [0.15, 0.2) is 47.6 Å². The summed E-state index contributed by atoms with van der Waals surface area (Å²) in [6, 6.07) is 12.9. The average Bonchev–Trinajstić information content (AvgIpc) is 2.47. The van der Waals surface area contributed by atoms with Gasteiger partial charge in [-0.05, 0) is 51.0 Å². The van der Waals surface area contributed by atoms with Crippen LogP contribution in [0.25, 0.3) is 5.70 Å². The number of nitrogens with zero attached hydrogens (tertiary/aromatic N) is 2. The molecule has 0 aromatic heterocycles. The molecule has 22 heavy (non-hydrogen) atoms. The molecule has 0 amide bonds. The third-order valence-corrected chi connectivity index (χ3v) is 3.90. The summed E-state index contributed by atoms with van der Waals surface area (Å²) in [6.07, 6.45) is 3.85. The monoisotopic (exact) mass is 291 g/mol. The first kappa shape index (κ1) is 14.4. The zero-order chi connectivity index (χ0) is 15.7. The molecule has 1 N–H and O–H groups in total. The maximum absolute atomic E-state index is 4.43. The summed E-state index contributed by atoms with van der Waals surface area (Å²) in [5.74, 6) is 0. The number of rotatable bonds is 2. The lowest BCUT2D eigenvalue weighted by Crippen LogP contribution is -2.35. The average molecular weight is 291 g/mol. The maximum Gasteiger partial charge on any atom is 0.0863 e. The van der Waals surface area contributed by atoms with Crippen molar-refractivity contribution in [3.8, 4) is 0 Å². The van der Waals surface area contributed by atoms with Crippen molar-refractivity contribution in [2.24, 2.45) is 5.10 Å². The molecular formula is C19H21N3. The Morgan fingerprint density at radius 1 is 0.864 bits per heavy atom. The molecule has 0 radical (unpaired) electrons. The summed E-state index contributed by atoms with van der Waals surface area (Å²) < 4.78 is 0. The first-order valence-corrected chi connectivity index (χ1v) is 7.50. The fraction of sp³-hybridized carbons (Fsp3) is 0.211. The minimum absolute atomic E-state index is 1.06. The highest BCUT2D eigenvalue weighted by Crippen LogP contribution is 2.25. The zero-order valence-corrected chi connectivity index (χ0v) is 13.5. The van der Waals surface area contributed by atoms with E-state index >= 15 is 0 Å². The largest absolute Gasteiger partial charge is 0.277 e. The van der Waals surface area contributed by atoms with Gasteiger partial charge in [-0.15, -0.1) is 0 Å². The highest BCUT2D eigenvalue weighted by molar-refractivity contribution is 5.87. The van der Waals surface area contributed by atoms with Crippen LogP contribution < -0.4 is 10.5 Å². The number of nitrogens with one attached hydrogen (secondary N) is 1. The molecule has 0 unspecified atom stereocenters. The van der Waals surface area contributed by atoms with Crippen molar-refractivity contribution < 1.29 is 0 Å².